The molecule has 0 fully saturated rings. The van der Waals surface area contributed by atoms with Gasteiger partial charge in [-0.25, -0.2) is 22.8 Å². The summed E-state index contributed by atoms with van der Waals surface area (Å²) in [7, 11) is 3.89. The quantitative estimate of drug-likeness (QED) is 0.629. The zero-order valence-electron chi connectivity index (χ0n) is 13.6. The molecule has 0 unspecified atom stereocenters. The lowest BCUT2D eigenvalue weighted by Crippen LogP contribution is -2.46. The summed E-state index contributed by atoms with van der Waals surface area (Å²) >= 11 is 0. The van der Waals surface area contributed by atoms with E-state index < -0.39 is 35.5 Å². The largest absolute Gasteiger partial charge is 0.467 e. The maximum absolute atomic E-state index is 13.4. The highest BCUT2D eigenvalue weighted by Crippen LogP contribution is 2.25. The van der Waals surface area contributed by atoms with Crippen molar-refractivity contribution in [3.8, 4) is 0 Å². The minimum absolute atomic E-state index is 0.162. The molecule has 0 bridgehead atoms. The van der Waals surface area contributed by atoms with Gasteiger partial charge in [-0.2, -0.15) is 0 Å². The molecule has 5 nitrogen and oxygen atoms in total. The molecule has 8 heteroatoms. The Morgan fingerprint density at radius 1 is 1.04 bits per heavy atom. The number of carbonyl (C=O) groups excluding carboxylic acids is 2. The standard InChI is InChI=1S/C15H19F3N2O3/c1-8(2)19(3)15(22)20(4)13(14(21)23-5)9-6-10(16)12(18)11(17)7-9/h6-8,13H,1-5H3/t13-/m0/s1. The summed E-state index contributed by atoms with van der Waals surface area (Å²) in [5.41, 5.74) is -0.221. The highest BCUT2D eigenvalue weighted by atomic mass is 19.2. The van der Waals surface area contributed by atoms with Crippen molar-refractivity contribution in [3.05, 3.63) is 35.1 Å². The first kappa shape index (κ1) is 18.8. The van der Waals surface area contributed by atoms with Crippen LogP contribution in [0.4, 0.5) is 18.0 Å². The van der Waals surface area contributed by atoms with Gasteiger partial charge in [-0.1, -0.05) is 0 Å². The van der Waals surface area contributed by atoms with Crippen LogP contribution in [0.15, 0.2) is 12.1 Å². The molecule has 1 atom stereocenters. The van der Waals surface area contributed by atoms with Gasteiger partial charge in [0.05, 0.1) is 7.11 Å². The fraction of sp³-hybridized carbons (Fsp3) is 0.467. The van der Waals surface area contributed by atoms with Crippen LogP contribution >= 0.6 is 0 Å². The second kappa shape index (κ2) is 7.34. The van der Waals surface area contributed by atoms with Gasteiger partial charge in [0, 0.05) is 20.1 Å². The van der Waals surface area contributed by atoms with Gasteiger partial charge in [-0.15, -0.1) is 0 Å². The van der Waals surface area contributed by atoms with Crippen molar-refractivity contribution in [2.24, 2.45) is 0 Å². The number of urea groups is 1. The lowest BCUT2D eigenvalue weighted by molar-refractivity contribution is -0.146. The predicted molar refractivity (Wildman–Crippen MR) is 77.1 cm³/mol. The Kier molecular flexibility index (Phi) is 6.00. The number of esters is 1. The zero-order valence-corrected chi connectivity index (χ0v) is 13.6. The van der Waals surface area contributed by atoms with Crippen molar-refractivity contribution < 1.29 is 27.5 Å². The highest BCUT2D eigenvalue weighted by Gasteiger charge is 2.33. The number of ether oxygens (including phenoxy) is 1. The summed E-state index contributed by atoms with van der Waals surface area (Å²) in [6, 6.07) is -0.790. The summed E-state index contributed by atoms with van der Waals surface area (Å²) in [6.07, 6.45) is 0. The van der Waals surface area contributed by atoms with Crippen molar-refractivity contribution in [2.45, 2.75) is 25.9 Å². The number of methoxy groups -OCH3 is 1. The Bertz CT molecular complexity index is 585. The third-order valence-electron chi connectivity index (χ3n) is 3.51. The van der Waals surface area contributed by atoms with Crippen LogP contribution < -0.4 is 0 Å². The second-order valence-electron chi connectivity index (χ2n) is 5.32. The number of benzene rings is 1. The van der Waals surface area contributed by atoms with E-state index in [-0.39, 0.29) is 11.6 Å². The first-order chi connectivity index (χ1) is 10.6. The average Bonchev–Trinajstić information content (AvgIpc) is 2.50. The molecule has 0 spiro atoms. The minimum Gasteiger partial charge on any atom is -0.467 e. The van der Waals surface area contributed by atoms with Crippen LogP contribution in [-0.2, 0) is 9.53 Å². The Hall–Kier alpha value is -2.25. The van der Waals surface area contributed by atoms with Gasteiger partial charge in [-0.3, -0.25) is 0 Å². The first-order valence-electron chi connectivity index (χ1n) is 6.83. The van der Waals surface area contributed by atoms with E-state index in [0.29, 0.717) is 12.1 Å². The van der Waals surface area contributed by atoms with E-state index in [4.69, 9.17) is 0 Å². The number of amides is 2. The minimum atomic E-state index is -1.65. The van der Waals surface area contributed by atoms with Gasteiger partial charge < -0.3 is 14.5 Å². The molecule has 0 heterocycles. The molecule has 2 amide bonds. The molecule has 0 radical (unpaired) electrons. The molecule has 0 aliphatic rings. The maximum Gasteiger partial charge on any atom is 0.333 e. The number of likely N-dealkylation sites (N-methyl/N-ethyl adjacent to an activating group) is 1. The lowest BCUT2D eigenvalue weighted by atomic mass is 10.1. The summed E-state index contributed by atoms with van der Waals surface area (Å²) in [5, 5.41) is 0. The Morgan fingerprint density at radius 2 is 1.52 bits per heavy atom. The smallest absolute Gasteiger partial charge is 0.333 e. The molecule has 1 rings (SSSR count). The van der Waals surface area contributed by atoms with Crippen LogP contribution in [0.3, 0.4) is 0 Å². The van der Waals surface area contributed by atoms with Gasteiger partial charge in [0.1, 0.15) is 0 Å². The second-order valence-corrected chi connectivity index (χ2v) is 5.32. The number of hydrogen-bond donors (Lipinski definition) is 0. The van der Waals surface area contributed by atoms with E-state index in [2.05, 4.69) is 4.74 Å². The van der Waals surface area contributed by atoms with Crippen LogP contribution in [0.25, 0.3) is 0 Å². The number of nitrogens with zero attached hydrogens (tertiary/aromatic N) is 2. The van der Waals surface area contributed by atoms with Crippen molar-refractivity contribution in [1.82, 2.24) is 9.80 Å². The SMILES string of the molecule is COC(=O)[C@H](c1cc(F)c(F)c(F)c1)N(C)C(=O)N(C)C(C)C. The van der Waals surface area contributed by atoms with Gasteiger partial charge in [0.2, 0.25) is 0 Å². The molecule has 0 saturated heterocycles. The van der Waals surface area contributed by atoms with E-state index in [1.54, 1.807) is 13.8 Å². The molecule has 0 aliphatic heterocycles. The van der Waals surface area contributed by atoms with Gasteiger partial charge in [-0.05, 0) is 31.5 Å². The number of hydrogen-bond acceptors (Lipinski definition) is 3. The summed E-state index contributed by atoms with van der Waals surface area (Å²) in [6.45, 7) is 3.52. The molecular weight excluding hydrogens is 313 g/mol. The summed E-state index contributed by atoms with van der Waals surface area (Å²) in [5.74, 6) is -5.45. The fourth-order valence-corrected chi connectivity index (χ4v) is 1.94. The molecule has 0 aliphatic carbocycles. The van der Waals surface area contributed by atoms with Crippen molar-refractivity contribution in [1.29, 1.82) is 0 Å². The third kappa shape index (κ3) is 3.94. The number of halogens is 3. The van der Waals surface area contributed by atoms with Crippen LogP contribution in [0, 0.1) is 17.5 Å². The number of rotatable bonds is 4. The average molecular weight is 332 g/mol. The van der Waals surface area contributed by atoms with Crippen LogP contribution in [0.2, 0.25) is 0 Å². The van der Waals surface area contributed by atoms with E-state index in [9.17, 15) is 22.8 Å². The van der Waals surface area contributed by atoms with Crippen LogP contribution in [0.1, 0.15) is 25.5 Å². The van der Waals surface area contributed by atoms with E-state index >= 15 is 0 Å². The highest BCUT2D eigenvalue weighted by molar-refractivity contribution is 5.84. The summed E-state index contributed by atoms with van der Waals surface area (Å²) < 4.78 is 44.6. The number of carbonyl (C=O) groups is 2. The van der Waals surface area contributed by atoms with Crippen molar-refractivity contribution >= 4 is 12.0 Å². The zero-order chi connectivity index (χ0) is 17.9. The topological polar surface area (TPSA) is 49.9 Å². The molecule has 1 aromatic carbocycles. The summed E-state index contributed by atoms with van der Waals surface area (Å²) in [4.78, 5) is 26.6. The molecule has 128 valence electrons. The van der Waals surface area contributed by atoms with E-state index in [1.165, 1.54) is 19.0 Å². The normalized spacial score (nSPS) is 12.0. The van der Waals surface area contributed by atoms with Crippen LogP contribution in [0.5, 0.6) is 0 Å². The van der Waals surface area contributed by atoms with Gasteiger partial charge in [0.25, 0.3) is 0 Å². The van der Waals surface area contributed by atoms with Gasteiger partial charge in [0.15, 0.2) is 23.5 Å². The molecule has 1 aromatic rings. The lowest BCUT2D eigenvalue weighted by Gasteiger charge is -2.32. The molecular formula is C15H19F3N2O3. The Labute approximate surface area is 132 Å². The van der Waals surface area contributed by atoms with Crippen molar-refractivity contribution in [2.75, 3.05) is 21.2 Å². The third-order valence-corrected chi connectivity index (χ3v) is 3.51. The molecule has 0 N–H and O–H groups in total. The maximum atomic E-state index is 13.4. The Balaban J connectivity index is 3.30. The van der Waals surface area contributed by atoms with E-state index in [1.807, 2.05) is 0 Å². The van der Waals surface area contributed by atoms with Crippen molar-refractivity contribution in [3.63, 3.8) is 0 Å². The predicted octanol–water partition coefficient (Wildman–Crippen LogP) is 2.71. The monoisotopic (exact) mass is 332 g/mol. The molecule has 23 heavy (non-hydrogen) atoms. The van der Waals surface area contributed by atoms with Gasteiger partial charge >= 0.3 is 12.0 Å². The fourth-order valence-electron chi connectivity index (χ4n) is 1.94. The van der Waals surface area contributed by atoms with Crippen LogP contribution in [-0.4, -0.2) is 49.0 Å². The Morgan fingerprint density at radius 3 is 1.91 bits per heavy atom. The van der Waals surface area contributed by atoms with E-state index in [0.717, 1.165) is 12.0 Å². The molecule has 0 saturated carbocycles. The molecule has 0 aromatic heterocycles. The first-order valence-corrected chi connectivity index (χ1v) is 6.83.